The minimum atomic E-state index is 0. The van der Waals surface area contributed by atoms with Gasteiger partial charge in [0.2, 0.25) is 0 Å². The number of nitrogens with one attached hydrogen (secondary N) is 2. The van der Waals surface area contributed by atoms with Crippen molar-refractivity contribution in [3.8, 4) is 0 Å². The molecule has 74 valence electrons. The van der Waals surface area contributed by atoms with Crippen LogP contribution in [0, 0.1) is 0 Å². The van der Waals surface area contributed by atoms with Crippen molar-refractivity contribution in [2.75, 3.05) is 13.1 Å². The van der Waals surface area contributed by atoms with Crippen molar-refractivity contribution in [3.05, 3.63) is 0 Å². The summed E-state index contributed by atoms with van der Waals surface area (Å²) in [5.41, 5.74) is 0. The molecular formula is C8H18Cl2N2. The van der Waals surface area contributed by atoms with Crippen molar-refractivity contribution in [3.63, 3.8) is 0 Å². The fourth-order valence-corrected chi connectivity index (χ4v) is 2.11. The molecule has 0 aromatic carbocycles. The zero-order valence-corrected chi connectivity index (χ0v) is 8.85. The summed E-state index contributed by atoms with van der Waals surface area (Å²) in [7, 11) is 0. The SMILES string of the molecule is C1CN[C@@H]([C@H]2CCCN2)C1.Cl.Cl. The second-order valence-corrected chi connectivity index (χ2v) is 3.41. The highest BCUT2D eigenvalue weighted by molar-refractivity contribution is 5.85. The van der Waals surface area contributed by atoms with Crippen LogP contribution in [0.25, 0.3) is 0 Å². The summed E-state index contributed by atoms with van der Waals surface area (Å²) in [6.45, 7) is 2.48. The molecule has 2 nitrogen and oxygen atoms in total. The molecule has 0 amide bonds. The second kappa shape index (κ2) is 6.03. The van der Waals surface area contributed by atoms with E-state index in [0.717, 1.165) is 12.1 Å². The molecule has 2 aliphatic rings. The van der Waals surface area contributed by atoms with Crippen LogP contribution < -0.4 is 10.6 Å². The Balaban J connectivity index is 0.000000605. The summed E-state index contributed by atoms with van der Waals surface area (Å²) in [5, 5.41) is 7.07. The zero-order chi connectivity index (χ0) is 6.81. The molecular weight excluding hydrogens is 195 g/mol. The molecule has 0 bridgehead atoms. The van der Waals surface area contributed by atoms with Crippen molar-refractivity contribution >= 4 is 24.8 Å². The third-order valence-electron chi connectivity index (χ3n) is 2.68. The third kappa shape index (κ3) is 2.77. The molecule has 0 aliphatic carbocycles. The lowest BCUT2D eigenvalue weighted by Crippen LogP contribution is -2.40. The van der Waals surface area contributed by atoms with E-state index in [0.29, 0.717) is 0 Å². The van der Waals surface area contributed by atoms with Crippen molar-refractivity contribution in [1.82, 2.24) is 10.6 Å². The Morgan fingerprint density at radius 3 is 1.42 bits per heavy atom. The zero-order valence-electron chi connectivity index (χ0n) is 7.21. The number of hydrogen-bond acceptors (Lipinski definition) is 2. The number of halogens is 2. The highest BCUT2D eigenvalue weighted by Crippen LogP contribution is 2.16. The molecule has 4 heteroatoms. The second-order valence-electron chi connectivity index (χ2n) is 3.41. The molecule has 2 fully saturated rings. The van der Waals surface area contributed by atoms with Crippen LogP contribution in [0.2, 0.25) is 0 Å². The van der Waals surface area contributed by atoms with E-state index in [-0.39, 0.29) is 24.8 Å². The highest BCUT2D eigenvalue weighted by Gasteiger charge is 2.26. The van der Waals surface area contributed by atoms with Gasteiger partial charge in [-0.1, -0.05) is 0 Å². The maximum atomic E-state index is 3.54. The first-order chi connectivity index (χ1) is 4.97. The first kappa shape index (κ1) is 12.5. The summed E-state index contributed by atoms with van der Waals surface area (Å²) >= 11 is 0. The van der Waals surface area contributed by atoms with Gasteiger partial charge in [-0.25, -0.2) is 0 Å². The monoisotopic (exact) mass is 212 g/mol. The maximum Gasteiger partial charge on any atom is 0.0221 e. The van der Waals surface area contributed by atoms with Gasteiger partial charge in [-0.2, -0.15) is 0 Å². The first-order valence-electron chi connectivity index (χ1n) is 4.43. The summed E-state index contributed by atoms with van der Waals surface area (Å²) < 4.78 is 0. The Bertz CT molecular complexity index is 95.6. The van der Waals surface area contributed by atoms with Gasteiger partial charge in [-0.3, -0.25) is 0 Å². The predicted octanol–water partition coefficient (Wildman–Crippen LogP) is 1.33. The van der Waals surface area contributed by atoms with Gasteiger partial charge in [-0.05, 0) is 38.8 Å². The lowest BCUT2D eigenvalue weighted by molar-refractivity contribution is 0.449. The van der Waals surface area contributed by atoms with Crippen LogP contribution in [-0.4, -0.2) is 25.2 Å². The molecule has 2 N–H and O–H groups in total. The van der Waals surface area contributed by atoms with E-state index in [1.165, 1.54) is 38.8 Å². The molecule has 12 heavy (non-hydrogen) atoms. The molecule has 2 atom stereocenters. The topological polar surface area (TPSA) is 24.1 Å². The highest BCUT2D eigenvalue weighted by atomic mass is 35.5. The summed E-state index contributed by atoms with van der Waals surface area (Å²) in [4.78, 5) is 0. The average molecular weight is 213 g/mol. The van der Waals surface area contributed by atoms with Gasteiger partial charge in [0, 0.05) is 12.1 Å². The molecule has 2 rings (SSSR count). The van der Waals surface area contributed by atoms with Gasteiger partial charge in [-0.15, -0.1) is 24.8 Å². The predicted molar refractivity (Wildman–Crippen MR) is 56.5 cm³/mol. The van der Waals surface area contributed by atoms with Gasteiger partial charge in [0.25, 0.3) is 0 Å². The van der Waals surface area contributed by atoms with Crippen LogP contribution in [0.3, 0.4) is 0 Å². The van der Waals surface area contributed by atoms with E-state index >= 15 is 0 Å². The molecule has 0 aromatic rings. The standard InChI is InChI=1S/C8H16N2.2ClH/c1-3-7(9-5-1)8-4-2-6-10-8;;/h7-10H,1-6H2;2*1H/t7-,8-;;/m1../s1. The van der Waals surface area contributed by atoms with E-state index < -0.39 is 0 Å². The van der Waals surface area contributed by atoms with Crippen LogP contribution in [0.5, 0.6) is 0 Å². The molecule has 2 heterocycles. The number of hydrogen-bond donors (Lipinski definition) is 2. The molecule has 2 aliphatic heterocycles. The summed E-state index contributed by atoms with van der Waals surface area (Å²) in [6.07, 6.45) is 5.53. The normalized spacial score (nSPS) is 34.0. The number of rotatable bonds is 1. The molecule has 0 saturated carbocycles. The smallest absolute Gasteiger partial charge is 0.0221 e. The Labute approximate surface area is 86.7 Å². The van der Waals surface area contributed by atoms with Crippen molar-refractivity contribution in [1.29, 1.82) is 0 Å². The van der Waals surface area contributed by atoms with E-state index in [1.807, 2.05) is 0 Å². The molecule has 0 unspecified atom stereocenters. The molecule has 0 radical (unpaired) electrons. The van der Waals surface area contributed by atoms with Crippen LogP contribution in [0.15, 0.2) is 0 Å². The van der Waals surface area contributed by atoms with Crippen molar-refractivity contribution < 1.29 is 0 Å². The van der Waals surface area contributed by atoms with E-state index in [4.69, 9.17) is 0 Å². The molecule has 0 spiro atoms. The lowest BCUT2D eigenvalue weighted by atomic mass is 10.1. The summed E-state index contributed by atoms with van der Waals surface area (Å²) in [5.74, 6) is 0. The van der Waals surface area contributed by atoms with Crippen molar-refractivity contribution in [2.45, 2.75) is 37.8 Å². The van der Waals surface area contributed by atoms with Crippen LogP contribution in [0.1, 0.15) is 25.7 Å². The average Bonchev–Trinajstić information content (AvgIpc) is 2.59. The minimum Gasteiger partial charge on any atom is -0.312 e. The van der Waals surface area contributed by atoms with Gasteiger partial charge in [0.15, 0.2) is 0 Å². The fraction of sp³-hybridized carbons (Fsp3) is 1.00. The Morgan fingerprint density at radius 1 is 0.750 bits per heavy atom. The quantitative estimate of drug-likeness (QED) is 0.686. The minimum absolute atomic E-state index is 0. The van der Waals surface area contributed by atoms with Gasteiger partial charge >= 0.3 is 0 Å². The Kier molecular flexibility index (Phi) is 6.28. The summed E-state index contributed by atoms with van der Waals surface area (Å²) in [6, 6.07) is 1.59. The first-order valence-corrected chi connectivity index (χ1v) is 4.43. The fourth-order valence-electron chi connectivity index (χ4n) is 2.11. The largest absolute Gasteiger partial charge is 0.312 e. The van der Waals surface area contributed by atoms with Crippen LogP contribution in [-0.2, 0) is 0 Å². The lowest BCUT2D eigenvalue weighted by Gasteiger charge is -2.17. The molecule has 2 saturated heterocycles. The maximum absolute atomic E-state index is 3.54. The van der Waals surface area contributed by atoms with Crippen LogP contribution in [0.4, 0.5) is 0 Å². The van der Waals surface area contributed by atoms with Gasteiger partial charge < -0.3 is 10.6 Å². The van der Waals surface area contributed by atoms with E-state index in [1.54, 1.807) is 0 Å². The van der Waals surface area contributed by atoms with Gasteiger partial charge in [0.05, 0.1) is 0 Å². The van der Waals surface area contributed by atoms with Gasteiger partial charge in [0.1, 0.15) is 0 Å². The Hall–Kier alpha value is 0.500. The van der Waals surface area contributed by atoms with Crippen LogP contribution >= 0.6 is 24.8 Å². The Morgan fingerprint density at radius 2 is 1.17 bits per heavy atom. The van der Waals surface area contributed by atoms with E-state index in [9.17, 15) is 0 Å². The van der Waals surface area contributed by atoms with E-state index in [2.05, 4.69) is 10.6 Å². The molecule has 0 aromatic heterocycles. The van der Waals surface area contributed by atoms with Crippen molar-refractivity contribution in [2.24, 2.45) is 0 Å². The third-order valence-corrected chi connectivity index (χ3v) is 2.68.